The van der Waals surface area contributed by atoms with Gasteiger partial charge in [0.15, 0.2) is 11.5 Å². The van der Waals surface area contributed by atoms with Crippen LogP contribution in [0.1, 0.15) is 24.2 Å². The second-order valence-corrected chi connectivity index (χ2v) is 5.93. The fourth-order valence-electron chi connectivity index (χ4n) is 3.03. The quantitative estimate of drug-likeness (QED) is 0.702. The van der Waals surface area contributed by atoms with Crippen LogP contribution >= 0.6 is 0 Å². The molecule has 0 unspecified atom stereocenters. The SMILES string of the molecule is CCN(CC)C(=O)c1cc(OC)c(OC)cc1N(C)c1ccccc1OC. The molecule has 0 atom stereocenters. The Kier molecular flexibility index (Phi) is 6.93. The first-order valence-electron chi connectivity index (χ1n) is 8.94. The summed E-state index contributed by atoms with van der Waals surface area (Å²) in [5.41, 5.74) is 2.11. The van der Waals surface area contributed by atoms with E-state index in [4.69, 9.17) is 14.2 Å². The molecule has 0 N–H and O–H groups in total. The Hall–Kier alpha value is -2.89. The van der Waals surface area contributed by atoms with Crippen LogP contribution in [0.25, 0.3) is 0 Å². The molecule has 6 heteroatoms. The molecule has 0 saturated heterocycles. The minimum Gasteiger partial charge on any atom is -0.495 e. The first kappa shape index (κ1) is 20.4. The monoisotopic (exact) mass is 372 g/mol. The van der Waals surface area contributed by atoms with E-state index in [9.17, 15) is 4.79 Å². The summed E-state index contributed by atoms with van der Waals surface area (Å²) in [4.78, 5) is 16.9. The van der Waals surface area contributed by atoms with Gasteiger partial charge in [-0.15, -0.1) is 0 Å². The van der Waals surface area contributed by atoms with Crippen molar-refractivity contribution in [1.29, 1.82) is 0 Å². The lowest BCUT2D eigenvalue weighted by Gasteiger charge is -2.27. The molecule has 0 radical (unpaired) electrons. The zero-order valence-corrected chi connectivity index (χ0v) is 16.9. The zero-order chi connectivity index (χ0) is 20.0. The Balaban J connectivity index is 2.66. The minimum atomic E-state index is -0.0577. The molecular weight excluding hydrogens is 344 g/mol. The number of hydrogen-bond donors (Lipinski definition) is 0. The predicted molar refractivity (Wildman–Crippen MR) is 108 cm³/mol. The molecule has 6 nitrogen and oxygen atoms in total. The topological polar surface area (TPSA) is 51.2 Å². The van der Waals surface area contributed by atoms with Gasteiger partial charge in [-0.05, 0) is 32.0 Å². The van der Waals surface area contributed by atoms with Crippen LogP contribution in [-0.2, 0) is 0 Å². The van der Waals surface area contributed by atoms with Crippen LogP contribution in [0.2, 0.25) is 0 Å². The first-order valence-corrected chi connectivity index (χ1v) is 8.94. The Labute approximate surface area is 161 Å². The molecule has 0 bridgehead atoms. The molecule has 0 heterocycles. The summed E-state index contributed by atoms with van der Waals surface area (Å²) < 4.78 is 16.4. The van der Waals surface area contributed by atoms with Crippen LogP contribution in [0.5, 0.6) is 17.2 Å². The van der Waals surface area contributed by atoms with Crippen LogP contribution in [-0.4, -0.2) is 52.3 Å². The lowest BCUT2D eigenvalue weighted by Crippen LogP contribution is -2.31. The third-order valence-electron chi connectivity index (χ3n) is 4.59. The summed E-state index contributed by atoms with van der Waals surface area (Å²) >= 11 is 0. The fraction of sp³-hybridized carbons (Fsp3) is 0.381. The molecule has 0 saturated carbocycles. The minimum absolute atomic E-state index is 0.0577. The number of carbonyl (C=O) groups is 1. The number of ether oxygens (including phenoxy) is 3. The average molecular weight is 372 g/mol. The van der Waals surface area contributed by atoms with Gasteiger partial charge in [-0.1, -0.05) is 12.1 Å². The van der Waals surface area contributed by atoms with Gasteiger partial charge in [-0.3, -0.25) is 4.79 Å². The smallest absolute Gasteiger partial charge is 0.256 e. The van der Waals surface area contributed by atoms with E-state index in [0.717, 1.165) is 11.4 Å². The van der Waals surface area contributed by atoms with Gasteiger partial charge in [-0.2, -0.15) is 0 Å². The van der Waals surface area contributed by atoms with Crippen molar-refractivity contribution in [2.45, 2.75) is 13.8 Å². The van der Waals surface area contributed by atoms with Gasteiger partial charge in [-0.25, -0.2) is 0 Å². The highest BCUT2D eigenvalue weighted by Gasteiger charge is 2.24. The van der Waals surface area contributed by atoms with Crippen molar-refractivity contribution in [3.05, 3.63) is 42.0 Å². The van der Waals surface area contributed by atoms with E-state index < -0.39 is 0 Å². The number of carbonyl (C=O) groups excluding carboxylic acids is 1. The average Bonchev–Trinajstić information content (AvgIpc) is 2.72. The van der Waals surface area contributed by atoms with Crippen LogP contribution < -0.4 is 19.1 Å². The van der Waals surface area contributed by atoms with Gasteiger partial charge in [0.05, 0.1) is 38.3 Å². The molecule has 2 rings (SSSR count). The number of nitrogens with zero attached hydrogens (tertiary/aromatic N) is 2. The van der Waals surface area contributed by atoms with Gasteiger partial charge >= 0.3 is 0 Å². The van der Waals surface area contributed by atoms with Crippen LogP contribution in [0.15, 0.2) is 36.4 Å². The molecule has 2 aromatic carbocycles. The molecule has 2 aromatic rings. The van der Waals surface area contributed by atoms with Crippen molar-refractivity contribution >= 4 is 17.3 Å². The molecule has 1 amide bonds. The van der Waals surface area contributed by atoms with Crippen LogP contribution in [0, 0.1) is 0 Å². The van der Waals surface area contributed by atoms with Crippen molar-refractivity contribution in [3.8, 4) is 17.2 Å². The van der Waals surface area contributed by atoms with E-state index in [-0.39, 0.29) is 5.91 Å². The normalized spacial score (nSPS) is 10.3. The highest BCUT2D eigenvalue weighted by Crippen LogP contribution is 2.40. The summed E-state index contributed by atoms with van der Waals surface area (Å²) in [6, 6.07) is 11.2. The number of anilines is 2. The van der Waals surface area contributed by atoms with E-state index in [2.05, 4.69) is 0 Å². The zero-order valence-electron chi connectivity index (χ0n) is 16.9. The number of hydrogen-bond acceptors (Lipinski definition) is 5. The van der Waals surface area contributed by atoms with Gasteiger partial charge < -0.3 is 24.0 Å². The lowest BCUT2D eigenvalue weighted by atomic mass is 10.1. The molecule has 0 aliphatic carbocycles. The maximum Gasteiger partial charge on any atom is 0.256 e. The second kappa shape index (κ2) is 9.16. The molecule has 0 aliphatic rings. The van der Waals surface area contributed by atoms with E-state index in [0.29, 0.717) is 35.8 Å². The number of para-hydroxylation sites is 2. The third-order valence-corrected chi connectivity index (χ3v) is 4.59. The molecule has 0 spiro atoms. The summed E-state index contributed by atoms with van der Waals surface area (Å²) in [5, 5.41) is 0. The lowest BCUT2D eigenvalue weighted by molar-refractivity contribution is 0.0773. The number of rotatable bonds is 8. The molecule has 0 fully saturated rings. The van der Waals surface area contributed by atoms with Gasteiger partial charge in [0.1, 0.15) is 5.75 Å². The van der Waals surface area contributed by atoms with E-state index in [1.807, 2.05) is 56.1 Å². The van der Waals surface area contributed by atoms with Crippen molar-refractivity contribution in [3.63, 3.8) is 0 Å². The van der Waals surface area contributed by atoms with E-state index in [1.54, 1.807) is 32.3 Å². The second-order valence-electron chi connectivity index (χ2n) is 5.93. The Morgan fingerprint density at radius 2 is 1.41 bits per heavy atom. The van der Waals surface area contributed by atoms with Crippen molar-refractivity contribution in [1.82, 2.24) is 4.90 Å². The van der Waals surface area contributed by atoms with Gasteiger partial charge in [0.2, 0.25) is 0 Å². The van der Waals surface area contributed by atoms with Crippen LogP contribution in [0.3, 0.4) is 0 Å². The van der Waals surface area contributed by atoms with Crippen molar-refractivity contribution in [2.75, 3.05) is 46.4 Å². The molecule has 0 aromatic heterocycles. The highest BCUT2D eigenvalue weighted by molar-refractivity contribution is 6.01. The Morgan fingerprint density at radius 1 is 0.852 bits per heavy atom. The molecular formula is C21H28N2O4. The van der Waals surface area contributed by atoms with E-state index in [1.165, 1.54) is 0 Å². The summed E-state index contributed by atoms with van der Waals surface area (Å²) in [6.45, 7) is 5.18. The third kappa shape index (κ3) is 4.10. The number of methoxy groups -OCH3 is 3. The summed E-state index contributed by atoms with van der Waals surface area (Å²) in [7, 11) is 6.67. The summed E-state index contributed by atoms with van der Waals surface area (Å²) in [6.07, 6.45) is 0. The number of benzene rings is 2. The Morgan fingerprint density at radius 3 is 1.96 bits per heavy atom. The predicted octanol–water partition coefficient (Wildman–Crippen LogP) is 3.96. The maximum atomic E-state index is 13.2. The first-order chi connectivity index (χ1) is 13.0. The Bertz CT molecular complexity index is 788. The van der Waals surface area contributed by atoms with Crippen molar-refractivity contribution < 1.29 is 19.0 Å². The number of amides is 1. The van der Waals surface area contributed by atoms with Crippen molar-refractivity contribution in [2.24, 2.45) is 0 Å². The highest BCUT2D eigenvalue weighted by atomic mass is 16.5. The molecule has 0 aliphatic heterocycles. The fourth-order valence-corrected chi connectivity index (χ4v) is 3.03. The van der Waals surface area contributed by atoms with E-state index >= 15 is 0 Å². The van der Waals surface area contributed by atoms with Gasteiger partial charge in [0, 0.05) is 26.2 Å². The molecule has 27 heavy (non-hydrogen) atoms. The molecule has 146 valence electrons. The maximum absolute atomic E-state index is 13.2. The largest absolute Gasteiger partial charge is 0.495 e. The summed E-state index contributed by atoms with van der Waals surface area (Å²) in [5.74, 6) is 1.74. The standard InChI is InChI=1S/C21H28N2O4/c1-7-23(8-2)21(24)15-13-19(26-5)20(27-6)14-17(15)22(3)16-11-9-10-12-18(16)25-4/h9-14H,7-8H2,1-6H3. The van der Waals surface area contributed by atoms with Gasteiger partial charge in [0.25, 0.3) is 5.91 Å². The van der Waals surface area contributed by atoms with Crippen LogP contribution in [0.4, 0.5) is 11.4 Å².